The van der Waals surface area contributed by atoms with Crippen molar-refractivity contribution in [3.63, 3.8) is 0 Å². The van der Waals surface area contributed by atoms with Gasteiger partial charge in [-0.15, -0.1) is 0 Å². The third-order valence-electron chi connectivity index (χ3n) is 19.7. The summed E-state index contributed by atoms with van der Waals surface area (Å²) in [4.78, 5) is 50.7. The average molecular weight is 2110 g/mol. The van der Waals surface area contributed by atoms with Crippen LogP contribution in [0.25, 0.3) is 89.4 Å². The van der Waals surface area contributed by atoms with Crippen LogP contribution in [0.1, 0.15) is 27.8 Å². The monoisotopic (exact) mass is 2110 g/mol. The largest absolute Gasteiger partial charge is 0.472 e. The van der Waals surface area contributed by atoms with Crippen molar-refractivity contribution in [2.75, 3.05) is 47.9 Å². The van der Waals surface area contributed by atoms with Crippen LogP contribution in [0.4, 0.5) is 34.8 Å². The Morgan fingerprint density at radius 3 is 1.06 bits per heavy atom. The maximum atomic E-state index is 7.08. The van der Waals surface area contributed by atoms with E-state index in [1.54, 1.807) is 126 Å². The Bertz CT molecular complexity index is 7340. The summed E-state index contributed by atoms with van der Waals surface area (Å²) in [5, 5.41) is 41.1. The second kappa shape index (κ2) is 42.4. The first-order chi connectivity index (χ1) is 63.5. The molecule has 16 aromatic heterocycles. The fourth-order valence-corrected chi connectivity index (χ4v) is 15.4. The van der Waals surface area contributed by atoms with Gasteiger partial charge >= 0.3 is 0 Å². The van der Waals surface area contributed by atoms with E-state index in [4.69, 9.17) is 80.2 Å². The van der Waals surface area contributed by atoms with Gasteiger partial charge in [-0.2, -0.15) is 48.1 Å². The van der Waals surface area contributed by atoms with E-state index in [1.807, 2.05) is 232 Å². The van der Waals surface area contributed by atoms with Crippen LogP contribution in [0.5, 0.6) is 0 Å². The topological polar surface area (TPSA) is 294 Å². The lowest BCUT2D eigenvalue weighted by molar-refractivity contribution is -0.885. The van der Waals surface area contributed by atoms with Crippen LogP contribution in [-0.2, 0) is 32.7 Å². The third-order valence-corrected chi connectivity index (χ3v) is 23.3. The molecule has 0 radical (unpaired) electrons. The Labute approximate surface area is 799 Å². The molecule has 0 unspecified atom stereocenters. The molecule has 30 nitrogen and oxygen atoms in total. The molecular weight excluding hydrogens is 2040 g/mol. The van der Waals surface area contributed by atoms with E-state index in [0.29, 0.717) is 53.5 Å². The molecule has 648 valence electrons. The van der Waals surface area contributed by atoms with Gasteiger partial charge in [0.2, 0.25) is 37.2 Å². The standard InChI is InChI=1S/3C19H16BrClN5O.C19H13BrN6.C16H12BrN5O/c1-27-25-8-6-13(7-9-25)11-22-18-10-17(14-2-4-15(21)5-3-14)24-19-16(20)12-23-26(18)19;1-27-25-8-2-3-13(12-25)10-22-18-9-17(14-4-6-15(21)7-5-14)24-19-16(20)11-23-26(18)19;1-27-25-8-4-5-13(12-25)10-22-18-9-17(14-6-2-3-7-16(14)21)24-19-15(20)11-23-26(18)19;1-21-15-6-4-14(5-7-15)17-9-18(23-11-13-3-2-8-22-10-13)26-19(25-17)16(20)12-24-26;17-13-9-20-22-15(19-8-11-2-1-4-18-7-11)6-14(21-16(13)22)12-3-5-23-10-12/h2-10,12,22H,11H2,1H3;2*2-9,11-12,22H,10H2,1H3;2-10,12,23H,11H2;1-7,9-10,19H,8H2/q3*+1;;. The fraction of sp³-hybridized carbons (Fsp3) is 0.0870. The summed E-state index contributed by atoms with van der Waals surface area (Å²) < 4.78 is 23.1. The highest BCUT2D eigenvalue weighted by Crippen LogP contribution is 2.35. The molecular formula is C92H73Br5Cl3N26O4+3. The minimum Gasteiger partial charge on any atom is -0.472 e. The molecule has 0 atom stereocenters. The third kappa shape index (κ3) is 21.9. The van der Waals surface area contributed by atoms with Gasteiger partial charge in [0.1, 0.15) is 50.4 Å². The number of hydrogen-bond donors (Lipinski definition) is 5. The predicted octanol–water partition coefficient (Wildman–Crippen LogP) is 19.8. The summed E-state index contributed by atoms with van der Waals surface area (Å²) in [5.74, 6) is 4.17. The van der Waals surface area contributed by atoms with Gasteiger partial charge in [-0.3, -0.25) is 24.5 Å². The molecule has 0 aliphatic heterocycles. The number of hydrogen-bond acceptors (Lipinski definition) is 21. The molecule has 20 aromatic rings. The van der Waals surface area contributed by atoms with Crippen LogP contribution in [0, 0.1) is 6.57 Å². The van der Waals surface area contributed by atoms with Crippen molar-refractivity contribution in [1.29, 1.82) is 0 Å². The van der Waals surface area contributed by atoms with E-state index < -0.39 is 0 Å². The fourth-order valence-electron chi connectivity index (χ4n) is 13.2. The first-order valence-corrected chi connectivity index (χ1v) is 44.7. The molecule has 0 saturated carbocycles. The van der Waals surface area contributed by atoms with Crippen molar-refractivity contribution in [2.45, 2.75) is 32.7 Å². The Kier molecular flexibility index (Phi) is 29.2. The van der Waals surface area contributed by atoms with E-state index in [1.165, 1.54) is 0 Å². The number of furan rings is 1. The Hall–Kier alpha value is -13.8. The van der Waals surface area contributed by atoms with Gasteiger partial charge in [0.05, 0.1) is 101 Å². The van der Waals surface area contributed by atoms with Crippen molar-refractivity contribution >= 4 is 177 Å². The second-order valence-corrected chi connectivity index (χ2v) is 33.7. The van der Waals surface area contributed by atoms with Crippen molar-refractivity contribution in [1.82, 2.24) is 83.0 Å². The molecule has 0 fully saturated rings. The quantitative estimate of drug-likeness (QED) is 0.0294. The molecule has 16 heterocycles. The van der Waals surface area contributed by atoms with Crippen molar-refractivity contribution in [3.05, 3.63) is 376 Å². The number of aromatic nitrogens is 20. The normalized spacial score (nSPS) is 10.9. The van der Waals surface area contributed by atoms with Gasteiger partial charge in [-0.25, -0.2) is 29.8 Å². The van der Waals surface area contributed by atoms with Crippen LogP contribution in [-0.4, -0.2) is 104 Å². The van der Waals surface area contributed by atoms with Gasteiger partial charge in [-0.1, -0.05) is 114 Å². The predicted molar refractivity (Wildman–Crippen MR) is 517 cm³/mol. The number of fused-ring (bicyclic) bond motifs is 5. The zero-order valence-electron chi connectivity index (χ0n) is 68.9. The highest BCUT2D eigenvalue weighted by atomic mass is 79.9. The number of pyridine rings is 5. The smallest absolute Gasteiger partial charge is 0.227 e. The highest BCUT2D eigenvalue weighted by molar-refractivity contribution is 9.11. The number of anilines is 5. The van der Waals surface area contributed by atoms with Crippen molar-refractivity contribution < 1.29 is 33.1 Å². The summed E-state index contributed by atoms with van der Waals surface area (Å²) in [6, 6.07) is 61.8. The van der Waals surface area contributed by atoms with Crippen LogP contribution < -0.4 is 55.3 Å². The van der Waals surface area contributed by atoms with Gasteiger partial charge in [0, 0.05) is 175 Å². The van der Waals surface area contributed by atoms with E-state index >= 15 is 0 Å². The number of halogens is 8. The Morgan fingerprint density at radius 2 is 0.708 bits per heavy atom. The molecule has 0 aliphatic rings. The first kappa shape index (κ1) is 89.6. The van der Waals surface area contributed by atoms with Gasteiger partial charge in [0.15, 0.2) is 33.9 Å². The molecule has 130 heavy (non-hydrogen) atoms. The summed E-state index contributed by atoms with van der Waals surface area (Å²) >= 11 is 35.9. The van der Waals surface area contributed by atoms with Crippen LogP contribution >= 0.6 is 114 Å². The zero-order chi connectivity index (χ0) is 90.0. The lowest BCUT2D eigenvalue weighted by Gasteiger charge is -2.11. The van der Waals surface area contributed by atoms with Crippen LogP contribution in [0.2, 0.25) is 15.1 Å². The summed E-state index contributed by atoms with van der Waals surface area (Å²) in [5.41, 5.74) is 18.5. The van der Waals surface area contributed by atoms with Gasteiger partial charge in [-0.05, 0) is 163 Å². The Morgan fingerprint density at radius 1 is 0.362 bits per heavy atom. The molecule has 0 aliphatic carbocycles. The molecule has 0 amide bonds. The molecule has 0 saturated heterocycles. The minimum absolute atomic E-state index is 0.600. The van der Waals surface area contributed by atoms with E-state index in [0.717, 1.165) is 164 Å². The average Bonchev–Trinajstić information content (AvgIpc) is 1.63. The maximum absolute atomic E-state index is 7.08. The molecule has 4 aromatic carbocycles. The Balaban J connectivity index is 0.000000119. The highest BCUT2D eigenvalue weighted by Gasteiger charge is 2.20. The maximum Gasteiger partial charge on any atom is 0.227 e. The number of rotatable bonds is 23. The zero-order valence-corrected chi connectivity index (χ0v) is 79.1. The molecule has 0 spiro atoms. The van der Waals surface area contributed by atoms with Crippen molar-refractivity contribution in [2.24, 2.45) is 0 Å². The van der Waals surface area contributed by atoms with Crippen LogP contribution in [0.15, 0.2) is 326 Å². The van der Waals surface area contributed by atoms with E-state index in [9.17, 15) is 0 Å². The second-order valence-electron chi connectivity index (χ2n) is 28.2. The lowest BCUT2D eigenvalue weighted by Crippen LogP contribution is -2.40. The van der Waals surface area contributed by atoms with Gasteiger partial charge < -0.3 is 31.0 Å². The summed E-state index contributed by atoms with van der Waals surface area (Å²) in [6.45, 7) is 10.2. The lowest BCUT2D eigenvalue weighted by atomic mass is 10.1. The van der Waals surface area contributed by atoms with Crippen LogP contribution in [0.3, 0.4) is 0 Å². The SMILES string of the molecule is Brc1cnn2c(NCc3cccnc3)cc(-c3ccoc3)nc12.CO[n+]1ccc(CNc2cc(-c3ccc(Cl)cc3)nc3c(Br)cnn23)cc1.CO[n+]1cccc(CNc2cc(-c3ccc(Cl)cc3)nc3c(Br)cnn23)c1.CO[n+]1cccc(CNc2cc(-c3ccccc3Cl)nc3c(Br)cnn23)c1.[C-]#[N+]c1ccc(-c2cc(NCc3cccnc3)n3ncc(Br)c3n2)cc1. The molecule has 5 N–H and O–H groups in total. The number of benzene rings is 4. The molecule has 20 rings (SSSR count). The summed E-state index contributed by atoms with van der Waals surface area (Å²) in [6.07, 6.45) is 30.4. The molecule has 0 bridgehead atoms. The minimum atomic E-state index is 0.600. The molecule has 38 heteroatoms. The number of nitrogens with zero attached hydrogens (tertiary/aromatic N) is 21. The van der Waals surface area contributed by atoms with Gasteiger partial charge in [0.25, 0.3) is 0 Å². The van der Waals surface area contributed by atoms with Crippen molar-refractivity contribution in [3.8, 4) is 56.3 Å². The van der Waals surface area contributed by atoms with E-state index in [-0.39, 0.29) is 0 Å². The van der Waals surface area contributed by atoms with E-state index in [2.05, 4.69) is 152 Å². The summed E-state index contributed by atoms with van der Waals surface area (Å²) in [7, 11) is 4.88. The number of nitrogens with one attached hydrogen (secondary N) is 5. The first-order valence-electron chi connectivity index (χ1n) is 39.6.